The molecule has 9 nitrogen and oxygen atoms in total. The Kier molecular flexibility index (Phi) is 5.57. The van der Waals surface area contributed by atoms with Gasteiger partial charge in [-0.05, 0) is 25.1 Å². The highest BCUT2D eigenvalue weighted by Gasteiger charge is 2.20. The van der Waals surface area contributed by atoms with E-state index in [9.17, 15) is 4.79 Å². The molecule has 4 rings (SSSR count). The zero-order valence-electron chi connectivity index (χ0n) is 20.0. The summed E-state index contributed by atoms with van der Waals surface area (Å²) in [4.78, 5) is 20.2. The monoisotopic (exact) mass is 447 g/mol. The largest absolute Gasteiger partial charge is 0.457 e. The second-order valence-electron chi connectivity index (χ2n) is 9.12. The van der Waals surface area contributed by atoms with Gasteiger partial charge in [0.15, 0.2) is 0 Å². The minimum atomic E-state index is -0.185. The fourth-order valence-corrected chi connectivity index (χ4v) is 3.61. The van der Waals surface area contributed by atoms with Gasteiger partial charge in [0.05, 0.1) is 16.7 Å². The summed E-state index contributed by atoms with van der Waals surface area (Å²) in [5, 5.41) is 10.7. The van der Waals surface area contributed by atoms with Crippen LogP contribution < -0.4 is 15.4 Å². The number of amides is 1. The van der Waals surface area contributed by atoms with Crippen LogP contribution in [0.1, 0.15) is 39.0 Å². The molecule has 0 aliphatic heterocycles. The normalized spacial score (nSPS) is 11.6. The number of ether oxygens (including phenoxy) is 1. The Morgan fingerprint density at radius 1 is 1.12 bits per heavy atom. The van der Waals surface area contributed by atoms with Crippen LogP contribution in [0, 0.1) is 6.92 Å². The summed E-state index contributed by atoms with van der Waals surface area (Å²) in [6.07, 6.45) is 1.60. The smallest absolute Gasteiger partial charge is 0.222 e. The van der Waals surface area contributed by atoms with Crippen molar-refractivity contribution in [2.75, 3.05) is 10.6 Å². The van der Waals surface area contributed by atoms with E-state index < -0.39 is 0 Å². The lowest BCUT2D eigenvalue weighted by Gasteiger charge is -2.13. The maximum Gasteiger partial charge on any atom is 0.222 e. The number of carbonyl (C=O) groups is 1. The molecule has 172 valence electrons. The molecule has 0 saturated carbocycles. The van der Waals surface area contributed by atoms with E-state index in [1.54, 1.807) is 18.3 Å². The van der Waals surface area contributed by atoms with Crippen LogP contribution in [0.2, 0.25) is 0 Å². The SMILES string of the molecule is CC(=O)Nc1cc(Oc2ccc3nc(Nc4cc(C(C)(C)C)nn4C)n(C)c3c2C)ccn1. The molecular formula is C24H29N7O2. The van der Waals surface area contributed by atoms with Gasteiger partial charge < -0.3 is 19.9 Å². The van der Waals surface area contributed by atoms with Crippen molar-refractivity contribution in [2.45, 2.75) is 40.0 Å². The van der Waals surface area contributed by atoms with Gasteiger partial charge in [0.25, 0.3) is 0 Å². The highest BCUT2D eigenvalue weighted by Crippen LogP contribution is 2.33. The number of hydrogen-bond acceptors (Lipinski definition) is 6. The molecule has 4 aromatic rings. The van der Waals surface area contributed by atoms with Crippen molar-refractivity contribution >= 4 is 34.5 Å². The predicted octanol–water partition coefficient (Wildman–Crippen LogP) is 4.80. The molecule has 9 heteroatoms. The minimum absolute atomic E-state index is 0.0420. The van der Waals surface area contributed by atoms with Crippen LogP contribution in [-0.4, -0.2) is 30.2 Å². The number of benzene rings is 1. The van der Waals surface area contributed by atoms with E-state index in [2.05, 4.69) is 47.6 Å². The van der Waals surface area contributed by atoms with Crippen LogP contribution in [0.4, 0.5) is 17.6 Å². The summed E-state index contributed by atoms with van der Waals surface area (Å²) in [6.45, 7) is 9.86. The number of nitrogens with zero attached hydrogens (tertiary/aromatic N) is 5. The number of imidazole rings is 1. The zero-order valence-corrected chi connectivity index (χ0v) is 20.0. The van der Waals surface area contributed by atoms with Gasteiger partial charge in [0.1, 0.15) is 23.1 Å². The summed E-state index contributed by atoms with van der Waals surface area (Å²) >= 11 is 0. The Morgan fingerprint density at radius 3 is 2.55 bits per heavy atom. The number of fused-ring (bicyclic) bond motifs is 1. The number of nitrogens with one attached hydrogen (secondary N) is 2. The molecule has 3 aromatic heterocycles. The highest BCUT2D eigenvalue weighted by atomic mass is 16.5. The number of anilines is 3. The number of hydrogen-bond donors (Lipinski definition) is 2. The van der Waals surface area contributed by atoms with Crippen molar-refractivity contribution < 1.29 is 9.53 Å². The Morgan fingerprint density at radius 2 is 1.88 bits per heavy atom. The summed E-state index contributed by atoms with van der Waals surface area (Å²) in [6, 6.07) is 9.32. The van der Waals surface area contributed by atoms with Crippen LogP contribution in [0.3, 0.4) is 0 Å². The lowest BCUT2D eigenvalue weighted by Crippen LogP contribution is -2.12. The molecule has 1 aromatic carbocycles. The average molecular weight is 448 g/mol. The van der Waals surface area contributed by atoms with E-state index in [0.29, 0.717) is 23.3 Å². The van der Waals surface area contributed by atoms with Crippen LogP contribution >= 0.6 is 0 Å². The van der Waals surface area contributed by atoms with Gasteiger partial charge >= 0.3 is 0 Å². The molecule has 0 spiro atoms. The van der Waals surface area contributed by atoms with E-state index in [-0.39, 0.29) is 11.3 Å². The van der Waals surface area contributed by atoms with Gasteiger partial charge in [-0.1, -0.05) is 20.8 Å². The zero-order chi connectivity index (χ0) is 23.9. The molecule has 0 aliphatic carbocycles. The van der Waals surface area contributed by atoms with Gasteiger partial charge in [0.2, 0.25) is 11.9 Å². The third-order valence-corrected chi connectivity index (χ3v) is 5.39. The van der Waals surface area contributed by atoms with Crippen molar-refractivity contribution in [3.8, 4) is 11.5 Å². The molecule has 0 bridgehead atoms. The van der Waals surface area contributed by atoms with Gasteiger partial charge in [-0.15, -0.1) is 0 Å². The molecule has 0 atom stereocenters. The molecular weight excluding hydrogens is 418 g/mol. The Bertz CT molecular complexity index is 1350. The van der Waals surface area contributed by atoms with Crippen molar-refractivity contribution in [3.63, 3.8) is 0 Å². The van der Waals surface area contributed by atoms with Crippen molar-refractivity contribution in [2.24, 2.45) is 14.1 Å². The minimum Gasteiger partial charge on any atom is -0.457 e. The van der Waals surface area contributed by atoms with E-state index in [0.717, 1.165) is 28.1 Å². The van der Waals surface area contributed by atoms with E-state index in [1.165, 1.54) is 6.92 Å². The first kappa shape index (κ1) is 22.3. The van der Waals surface area contributed by atoms with E-state index in [1.807, 2.05) is 42.4 Å². The third kappa shape index (κ3) is 4.52. The fraction of sp³-hybridized carbons (Fsp3) is 0.333. The molecule has 2 N–H and O–H groups in total. The predicted molar refractivity (Wildman–Crippen MR) is 129 cm³/mol. The average Bonchev–Trinajstić information content (AvgIpc) is 3.25. The first-order chi connectivity index (χ1) is 15.5. The maximum absolute atomic E-state index is 11.3. The fourth-order valence-electron chi connectivity index (χ4n) is 3.61. The van der Waals surface area contributed by atoms with Gasteiger partial charge in [0, 0.05) is 50.3 Å². The van der Waals surface area contributed by atoms with E-state index in [4.69, 9.17) is 9.72 Å². The van der Waals surface area contributed by atoms with Crippen LogP contribution in [-0.2, 0) is 24.3 Å². The van der Waals surface area contributed by atoms with Crippen LogP contribution in [0.25, 0.3) is 11.0 Å². The highest BCUT2D eigenvalue weighted by molar-refractivity contribution is 5.88. The molecule has 3 heterocycles. The Labute approximate surface area is 192 Å². The quantitative estimate of drug-likeness (QED) is 0.456. The first-order valence-electron chi connectivity index (χ1n) is 10.7. The van der Waals surface area contributed by atoms with Gasteiger partial charge in [-0.3, -0.25) is 9.48 Å². The summed E-state index contributed by atoms with van der Waals surface area (Å²) < 4.78 is 9.96. The topological polar surface area (TPSA) is 98.9 Å². The van der Waals surface area contributed by atoms with Crippen LogP contribution in [0.15, 0.2) is 36.5 Å². The second-order valence-corrected chi connectivity index (χ2v) is 9.12. The Hall–Kier alpha value is -3.88. The molecule has 33 heavy (non-hydrogen) atoms. The standard InChI is InChI=1S/C24H29N7O2/c1-14-18(33-16-10-11-25-20(12-16)26-15(2)32)9-8-17-22(14)30(6)23(27-17)28-21-13-19(24(3,4)5)29-31(21)7/h8-13H,1-7H3,(H,27,28)(H,25,26,32). The van der Waals surface area contributed by atoms with Crippen molar-refractivity contribution in [1.82, 2.24) is 24.3 Å². The molecule has 0 unspecified atom stereocenters. The Balaban J connectivity index is 1.65. The summed E-state index contributed by atoms with van der Waals surface area (Å²) in [5.74, 6) is 3.13. The number of aromatic nitrogens is 5. The summed E-state index contributed by atoms with van der Waals surface area (Å²) in [5.41, 5.74) is 3.74. The molecule has 0 saturated heterocycles. The number of rotatable bonds is 5. The maximum atomic E-state index is 11.3. The van der Waals surface area contributed by atoms with Gasteiger partial charge in [-0.25, -0.2) is 9.97 Å². The molecule has 0 fully saturated rings. The molecule has 0 aliphatic rings. The lowest BCUT2D eigenvalue weighted by molar-refractivity contribution is -0.114. The number of pyridine rings is 1. The number of aryl methyl sites for hydroxylation is 3. The van der Waals surface area contributed by atoms with Crippen molar-refractivity contribution in [3.05, 3.63) is 47.8 Å². The lowest BCUT2D eigenvalue weighted by atomic mass is 9.92. The summed E-state index contributed by atoms with van der Waals surface area (Å²) in [7, 11) is 3.89. The molecule has 0 radical (unpaired) electrons. The first-order valence-corrected chi connectivity index (χ1v) is 10.7. The third-order valence-electron chi connectivity index (χ3n) is 5.39. The molecule has 1 amide bonds. The number of carbonyl (C=O) groups excluding carboxylic acids is 1. The van der Waals surface area contributed by atoms with Gasteiger partial charge in [-0.2, -0.15) is 5.10 Å². The van der Waals surface area contributed by atoms with Crippen LogP contribution in [0.5, 0.6) is 11.5 Å². The van der Waals surface area contributed by atoms with Crippen molar-refractivity contribution in [1.29, 1.82) is 0 Å². The second kappa shape index (κ2) is 8.23. The van der Waals surface area contributed by atoms with E-state index >= 15 is 0 Å².